The van der Waals surface area contributed by atoms with Crippen molar-refractivity contribution in [3.05, 3.63) is 29.4 Å². The van der Waals surface area contributed by atoms with Crippen molar-refractivity contribution < 1.29 is 0 Å². The van der Waals surface area contributed by atoms with Gasteiger partial charge in [-0.3, -0.25) is 4.68 Å². The van der Waals surface area contributed by atoms with Crippen LogP contribution in [-0.4, -0.2) is 31.5 Å². The van der Waals surface area contributed by atoms with Gasteiger partial charge in [0, 0.05) is 12.7 Å². The fourth-order valence-electron chi connectivity index (χ4n) is 1.05. The van der Waals surface area contributed by atoms with Crippen LogP contribution in [0.15, 0.2) is 29.4 Å². The Balaban J connectivity index is 1.81. The minimum atomic E-state index is 0.726. The number of hydrogen-bond donors (Lipinski definition) is 1. The molecule has 0 amide bonds. The molecule has 78 valence electrons. The Labute approximate surface area is 94.9 Å². The molecule has 0 radical (unpaired) electrons. The highest BCUT2D eigenvalue weighted by atomic mass is 79.9. The van der Waals surface area contributed by atoms with Crippen molar-refractivity contribution in [2.75, 3.05) is 11.9 Å². The van der Waals surface area contributed by atoms with Crippen molar-refractivity contribution in [3.8, 4) is 0 Å². The zero-order chi connectivity index (χ0) is 10.5. The summed E-state index contributed by atoms with van der Waals surface area (Å²) in [5, 5.41) is 10.7. The molecule has 0 saturated carbocycles. The van der Waals surface area contributed by atoms with Gasteiger partial charge in [-0.25, -0.2) is 9.97 Å². The molecule has 2 aromatic rings. The second-order valence-electron chi connectivity index (χ2n) is 2.82. The van der Waals surface area contributed by atoms with Crippen LogP contribution in [0.1, 0.15) is 0 Å². The van der Waals surface area contributed by atoms with Gasteiger partial charge in [0.1, 0.15) is 10.4 Å². The first kappa shape index (κ1) is 10.0. The molecule has 0 atom stereocenters. The minimum absolute atomic E-state index is 0.726. The van der Waals surface area contributed by atoms with Crippen LogP contribution < -0.4 is 5.32 Å². The first-order valence-electron chi connectivity index (χ1n) is 4.40. The van der Waals surface area contributed by atoms with Crippen molar-refractivity contribution >= 4 is 21.7 Å². The van der Waals surface area contributed by atoms with Gasteiger partial charge in [-0.2, -0.15) is 0 Å². The average molecular weight is 269 g/mol. The first-order valence-corrected chi connectivity index (χ1v) is 5.19. The minimum Gasteiger partial charge on any atom is -0.367 e. The van der Waals surface area contributed by atoms with Crippen LogP contribution in [-0.2, 0) is 6.54 Å². The lowest BCUT2D eigenvalue weighted by Gasteiger charge is -2.04. The monoisotopic (exact) mass is 268 g/mol. The van der Waals surface area contributed by atoms with Crippen LogP contribution in [0.5, 0.6) is 0 Å². The molecule has 15 heavy (non-hydrogen) atoms. The second kappa shape index (κ2) is 4.83. The summed E-state index contributed by atoms with van der Waals surface area (Å²) in [6, 6.07) is 0. The van der Waals surface area contributed by atoms with Crippen molar-refractivity contribution in [3.63, 3.8) is 0 Å². The molecule has 0 aromatic carbocycles. The highest BCUT2D eigenvalue weighted by Crippen LogP contribution is 2.05. The standard InChI is InChI=1S/C8H9BrN6/c9-7-5-12-8(6-11-7)10-1-3-15-4-2-13-14-15/h2,4-6H,1,3H2,(H,10,12). The number of anilines is 1. The third kappa shape index (κ3) is 2.98. The quantitative estimate of drug-likeness (QED) is 0.894. The molecule has 0 unspecified atom stereocenters. The Bertz CT molecular complexity index is 398. The van der Waals surface area contributed by atoms with E-state index in [0.717, 1.165) is 23.5 Å². The molecule has 1 N–H and O–H groups in total. The normalized spacial score (nSPS) is 10.2. The average Bonchev–Trinajstić information content (AvgIpc) is 2.74. The van der Waals surface area contributed by atoms with Gasteiger partial charge >= 0.3 is 0 Å². The molecule has 0 aliphatic carbocycles. The smallest absolute Gasteiger partial charge is 0.144 e. The van der Waals surface area contributed by atoms with Crippen LogP contribution >= 0.6 is 15.9 Å². The molecule has 2 aromatic heterocycles. The lowest BCUT2D eigenvalue weighted by Crippen LogP contribution is -2.11. The lowest BCUT2D eigenvalue weighted by atomic mass is 10.5. The maximum absolute atomic E-state index is 4.13. The molecule has 2 rings (SSSR count). The Morgan fingerprint density at radius 3 is 2.93 bits per heavy atom. The van der Waals surface area contributed by atoms with Gasteiger partial charge in [0.2, 0.25) is 0 Å². The summed E-state index contributed by atoms with van der Waals surface area (Å²) in [6.07, 6.45) is 6.79. The van der Waals surface area contributed by atoms with Gasteiger partial charge in [0.15, 0.2) is 0 Å². The summed E-state index contributed by atoms with van der Waals surface area (Å²) in [6.45, 7) is 1.48. The molecule has 2 heterocycles. The predicted octanol–water partition coefficient (Wildman–Crippen LogP) is 0.943. The Kier molecular flexibility index (Phi) is 3.23. The molecule has 7 heteroatoms. The lowest BCUT2D eigenvalue weighted by molar-refractivity contribution is 0.608. The van der Waals surface area contributed by atoms with Crippen LogP contribution in [0.3, 0.4) is 0 Å². The van der Waals surface area contributed by atoms with E-state index in [-0.39, 0.29) is 0 Å². The van der Waals surface area contributed by atoms with Gasteiger partial charge in [-0.15, -0.1) is 5.10 Å². The number of nitrogens with zero attached hydrogens (tertiary/aromatic N) is 5. The van der Waals surface area contributed by atoms with Crippen LogP contribution in [0.25, 0.3) is 0 Å². The van der Waals surface area contributed by atoms with E-state index in [9.17, 15) is 0 Å². The molecule has 0 aliphatic heterocycles. The number of halogens is 1. The molecule has 0 fully saturated rings. The third-order valence-corrected chi connectivity index (χ3v) is 2.15. The third-order valence-electron chi connectivity index (χ3n) is 1.74. The van der Waals surface area contributed by atoms with E-state index in [0.29, 0.717) is 0 Å². The molecule has 0 bridgehead atoms. The highest BCUT2D eigenvalue weighted by Gasteiger charge is 1.95. The number of hydrogen-bond acceptors (Lipinski definition) is 5. The Morgan fingerprint density at radius 1 is 1.33 bits per heavy atom. The SMILES string of the molecule is Brc1cnc(NCCn2ccnn2)cn1. The van der Waals surface area contributed by atoms with Crippen LogP contribution in [0.4, 0.5) is 5.82 Å². The number of nitrogens with one attached hydrogen (secondary N) is 1. The largest absolute Gasteiger partial charge is 0.367 e. The van der Waals surface area contributed by atoms with Crippen molar-refractivity contribution in [1.82, 2.24) is 25.0 Å². The van der Waals surface area contributed by atoms with E-state index in [2.05, 4.69) is 41.5 Å². The van der Waals surface area contributed by atoms with Crippen molar-refractivity contribution in [1.29, 1.82) is 0 Å². The van der Waals surface area contributed by atoms with Crippen molar-refractivity contribution in [2.45, 2.75) is 6.54 Å². The van der Waals surface area contributed by atoms with Gasteiger partial charge < -0.3 is 5.32 Å². The molecular weight excluding hydrogens is 260 g/mol. The fourth-order valence-corrected chi connectivity index (χ4v) is 1.26. The predicted molar refractivity (Wildman–Crippen MR) is 58.2 cm³/mol. The summed E-state index contributed by atoms with van der Waals surface area (Å²) in [7, 11) is 0. The zero-order valence-corrected chi connectivity index (χ0v) is 9.42. The van der Waals surface area contributed by atoms with Crippen LogP contribution in [0, 0.1) is 0 Å². The maximum atomic E-state index is 4.13. The molecule has 0 spiro atoms. The summed E-state index contributed by atoms with van der Waals surface area (Å²) in [5.74, 6) is 0.748. The van der Waals surface area contributed by atoms with E-state index in [1.54, 1.807) is 23.3 Å². The van der Waals surface area contributed by atoms with Crippen LogP contribution in [0.2, 0.25) is 0 Å². The van der Waals surface area contributed by atoms with Gasteiger partial charge in [0.25, 0.3) is 0 Å². The number of aromatic nitrogens is 5. The summed E-state index contributed by atoms with van der Waals surface area (Å²) >= 11 is 3.22. The summed E-state index contributed by atoms with van der Waals surface area (Å²) in [4.78, 5) is 8.18. The fraction of sp³-hybridized carbons (Fsp3) is 0.250. The topological polar surface area (TPSA) is 68.5 Å². The Hall–Kier alpha value is -1.50. The van der Waals surface area contributed by atoms with Gasteiger partial charge in [-0.1, -0.05) is 5.21 Å². The van der Waals surface area contributed by atoms with E-state index >= 15 is 0 Å². The molecule has 6 nitrogen and oxygen atoms in total. The first-order chi connectivity index (χ1) is 7.34. The summed E-state index contributed by atoms with van der Waals surface area (Å²) in [5.41, 5.74) is 0. The van der Waals surface area contributed by atoms with E-state index in [4.69, 9.17) is 0 Å². The van der Waals surface area contributed by atoms with Crippen molar-refractivity contribution in [2.24, 2.45) is 0 Å². The second-order valence-corrected chi connectivity index (χ2v) is 3.63. The van der Waals surface area contributed by atoms with Gasteiger partial charge in [0.05, 0.1) is 25.1 Å². The molecular formula is C8H9BrN6. The molecule has 0 saturated heterocycles. The highest BCUT2D eigenvalue weighted by molar-refractivity contribution is 9.10. The number of rotatable bonds is 4. The van der Waals surface area contributed by atoms with E-state index < -0.39 is 0 Å². The van der Waals surface area contributed by atoms with Gasteiger partial charge in [-0.05, 0) is 15.9 Å². The Morgan fingerprint density at radius 2 is 2.27 bits per heavy atom. The molecule has 0 aliphatic rings. The van der Waals surface area contributed by atoms with E-state index in [1.807, 2.05) is 6.20 Å². The summed E-state index contributed by atoms with van der Waals surface area (Å²) < 4.78 is 2.48. The zero-order valence-electron chi connectivity index (χ0n) is 7.84. The maximum Gasteiger partial charge on any atom is 0.144 e. The van der Waals surface area contributed by atoms with E-state index in [1.165, 1.54) is 0 Å².